The number of nitro groups is 1. The molecule has 0 aliphatic carbocycles. The van der Waals surface area contributed by atoms with Crippen LogP contribution in [0, 0.1) is 10.1 Å². The molecule has 5 aromatic rings. The second-order valence-corrected chi connectivity index (χ2v) is 7.38. The number of H-pyrrole nitrogens is 1. The first-order chi connectivity index (χ1) is 16.1. The van der Waals surface area contributed by atoms with Crippen LogP contribution < -0.4 is 4.90 Å². The molecule has 0 fully saturated rings. The van der Waals surface area contributed by atoms with E-state index in [2.05, 4.69) is 30.7 Å². The number of anilines is 2. The average molecular weight is 441 g/mol. The van der Waals surface area contributed by atoms with E-state index in [9.17, 15) is 10.1 Å². The second kappa shape index (κ2) is 8.11. The summed E-state index contributed by atoms with van der Waals surface area (Å²) in [6.07, 6.45) is 1.88. The maximum absolute atomic E-state index is 11.4. The van der Waals surface area contributed by atoms with E-state index in [4.69, 9.17) is 0 Å². The number of hydrogen-bond donors (Lipinski definition) is 1. The monoisotopic (exact) mass is 441 g/mol. The molecule has 0 atom stereocenters. The predicted octanol–water partition coefficient (Wildman–Crippen LogP) is 3.81. The summed E-state index contributed by atoms with van der Waals surface area (Å²) in [5.74, 6) is 1.28. The molecular weight excluding hydrogens is 422 g/mol. The Balaban J connectivity index is 1.54. The fourth-order valence-electron chi connectivity index (χ4n) is 3.74. The van der Waals surface area contributed by atoms with Crippen molar-refractivity contribution in [2.24, 2.45) is 0 Å². The lowest BCUT2D eigenvalue weighted by Crippen LogP contribution is -2.15. The molecule has 3 heterocycles. The highest BCUT2D eigenvalue weighted by Crippen LogP contribution is 2.33. The third kappa shape index (κ3) is 3.55. The van der Waals surface area contributed by atoms with E-state index in [1.54, 1.807) is 0 Å². The van der Waals surface area contributed by atoms with Crippen molar-refractivity contribution >= 4 is 22.8 Å². The van der Waals surface area contributed by atoms with Crippen molar-refractivity contribution in [3.05, 3.63) is 76.6 Å². The molecule has 11 nitrogen and oxygen atoms in total. The Labute approximate surface area is 187 Å². The molecule has 164 valence electrons. The summed E-state index contributed by atoms with van der Waals surface area (Å²) in [4.78, 5) is 17.3. The predicted molar refractivity (Wildman–Crippen MR) is 122 cm³/mol. The molecule has 0 aliphatic heterocycles. The van der Waals surface area contributed by atoms with Gasteiger partial charge >= 0.3 is 5.69 Å². The first-order valence-corrected chi connectivity index (χ1v) is 10.3. The lowest BCUT2D eigenvalue weighted by molar-refractivity contribution is -0.383. The van der Waals surface area contributed by atoms with Crippen molar-refractivity contribution in [1.29, 1.82) is 0 Å². The molecule has 1 N–H and O–H groups in total. The van der Waals surface area contributed by atoms with Crippen LogP contribution in [0.5, 0.6) is 0 Å². The van der Waals surface area contributed by atoms with E-state index in [0.717, 1.165) is 28.1 Å². The zero-order chi connectivity index (χ0) is 22.9. The van der Waals surface area contributed by atoms with Gasteiger partial charge in [0.05, 0.1) is 4.92 Å². The first kappa shape index (κ1) is 20.2. The normalized spacial score (nSPS) is 11.1. The number of aromatic nitrogens is 7. The summed E-state index contributed by atoms with van der Waals surface area (Å²) < 4.78 is 1.50. The molecule has 0 bridgehead atoms. The molecule has 0 spiro atoms. The molecular formula is C22H19N9O2. The number of aromatic amines is 1. The number of hydrogen-bond acceptors (Lipinski definition) is 8. The maximum Gasteiger partial charge on any atom is 0.333 e. The van der Waals surface area contributed by atoms with Crippen molar-refractivity contribution in [1.82, 2.24) is 35.2 Å². The van der Waals surface area contributed by atoms with Gasteiger partial charge in [0.1, 0.15) is 12.0 Å². The van der Waals surface area contributed by atoms with Crippen LogP contribution in [0.15, 0.2) is 60.8 Å². The van der Waals surface area contributed by atoms with Crippen LogP contribution in [0.4, 0.5) is 17.2 Å². The Morgan fingerprint density at radius 1 is 1.12 bits per heavy atom. The molecule has 0 unspecified atom stereocenters. The standard InChI is InChI=1S/C22H19N9O2/c1-3-15-12-20(30-22(24-15)19(13-23-30)31(32)33)29(2)16-10-8-14(9-11-16)17-6-4-5-7-18(17)21-25-27-28-26-21/h4-13H,3H2,1-2H3,(H,25,26,27,28). The van der Waals surface area contributed by atoms with Crippen molar-refractivity contribution in [3.63, 3.8) is 0 Å². The van der Waals surface area contributed by atoms with Crippen LogP contribution in [-0.2, 0) is 6.42 Å². The first-order valence-electron chi connectivity index (χ1n) is 10.3. The van der Waals surface area contributed by atoms with Gasteiger partial charge in [0, 0.05) is 30.1 Å². The van der Waals surface area contributed by atoms with Gasteiger partial charge in [0.2, 0.25) is 5.65 Å². The fourth-order valence-corrected chi connectivity index (χ4v) is 3.74. The highest BCUT2D eigenvalue weighted by Gasteiger charge is 2.21. The van der Waals surface area contributed by atoms with Gasteiger partial charge in [0.15, 0.2) is 5.82 Å². The number of aryl methyl sites for hydroxylation is 1. The topological polar surface area (TPSA) is 131 Å². The van der Waals surface area contributed by atoms with E-state index < -0.39 is 4.92 Å². The van der Waals surface area contributed by atoms with Crippen molar-refractivity contribution in [3.8, 4) is 22.5 Å². The number of nitrogens with zero attached hydrogens (tertiary/aromatic N) is 8. The van der Waals surface area contributed by atoms with E-state index >= 15 is 0 Å². The van der Waals surface area contributed by atoms with Crippen LogP contribution in [-0.4, -0.2) is 47.2 Å². The Kier molecular flexibility index (Phi) is 4.98. The van der Waals surface area contributed by atoms with E-state index in [1.165, 1.54) is 10.7 Å². The second-order valence-electron chi connectivity index (χ2n) is 7.38. The number of benzene rings is 2. The van der Waals surface area contributed by atoms with Crippen LogP contribution in [0.3, 0.4) is 0 Å². The molecule has 0 saturated heterocycles. The number of tetrazole rings is 1. The molecule has 0 saturated carbocycles. The fraction of sp³-hybridized carbons (Fsp3) is 0.136. The third-order valence-electron chi connectivity index (χ3n) is 5.48. The van der Waals surface area contributed by atoms with Gasteiger partial charge in [-0.3, -0.25) is 10.1 Å². The highest BCUT2D eigenvalue weighted by atomic mass is 16.6. The summed E-state index contributed by atoms with van der Waals surface area (Å²) in [6.45, 7) is 1.96. The summed E-state index contributed by atoms with van der Waals surface area (Å²) in [5, 5.41) is 29.8. The molecule has 0 amide bonds. The lowest BCUT2D eigenvalue weighted by Gasteiger charge is -2.21. The molecule has 0 radical (unpaired) electrons. The summed E-state index contributed by atoms with van der Waals surface area (Å²) in [6, 6.07) is 17.8. The number of rotatable bonds is 6. The van der Waals surface area contributed by atoms with Crippen molar-refractivity contribution < 1.29 is 4.92 Å². The Morgan fingerprint density at radius 3 is 2.55 bits per heavy atom. The molecule has 2 aromatic carbocycles. The highest BCUT2D eigenvalue weighted by molar-refractivity contribution is 5.81. The number of fused-ring (bicyclic) bond motifs is 1. The van der Waals surface area contributed by atoms with E-state index in [1.807, 2.05) is 73.5 Å². The number of nitrogens with one attached hydrogen (secondary N) is 1. The van der Waals surface area contributed by atoms with Crippen molar-refractivity contribution in [2.75, 3.05) is 11.9 Å². The van der Waals surface area contributed by atoms with Gasteiger partial charge in [-0.1, -0.05) is 43.3 Å². The minimum absolute atomic E-state index is 0.117. The van der Waals surface area contributed by atoms with Gasteiger partial charge < -0.3 is 4.90 Å². The summed E-state index contributed by atoms with van der Waals surface area (Å²) >= 11 is 0. The molecule has 33 heavy (non-hydrogen) atoms. The average Bonchev–Trinajstić information content (AvgIpc) is 3.53. The molecule has 3 aromatic heterocycles. The molecule has 5 rings (SSSR count). The van der Waals surface area contributed by atoms with Crippen LogP contribution in [0.1, 0.15) is 12.6 Å². The Morgan fingerprint density at radius 2 is 1.88 bits per heavy atom. The van der Waals surface area contributed by atoms with E-state index in [-0.39, 0.29) is 11.3 Å². The van der Waals surface area contributed by atoms with Gasteiger partial charge in [-0.05, 0) is 40.1 Å². The smallest absolute Gasteiger partial charge is 0.329 e. The van der Waals surface area contributed by atoms with Crippen molar-refractivity contribution in [2.45, 2.75) is 13.3 Å². The van der Waals surface area contributed by atoms with Crippen LogP contribution >= 0.6 is 0 Å². The maximum atomic E-state index is 11.4. The van der Waals surface area contributed by atoms with E-state index in [0.29, 0.717) is 18.1 Å². The minimum Gasteiger partial charge on any atom is -0.329 e. The minimum atomic E-state index is -0.463. The lowest BCUT2D eigenvalue weighted by atomic mass is 9.99. The van der Waals surface area contributed by atoms with Gasteiger partial charge in [-0.15, -0.1) is 5.10 Å². The van der Waals surface area contributed by atoms with Gasteiger partial charge in [-0.25, -0.2) is 10.1 Å². The summed E-state index contributed by atoms with van der Waals surface area (Å²) in [7, 11) is 1.89. The summed E-state index contributed by atoms with van der Waals surface area (Å²) in [5.41, 5.74) is 4.65. The van der Waals surface area contributed by atoms with Gasteiger partial charge in [-0.2, -0.15) is 9.61 Å². The molecule has 11 heteroatoms. The Bertz CT molecular complexity index is 1440. The van der Waals surface area contributed by atoms with Crippen LogP contribution in [0.25, 0.3) is 28.2 Å². The zero-order valence-corrected chi connectivity index (χ0v) is 17.9. The van der Waals surface area contributed by atoms with Crippen LogP contribution in [0.2, 0.25) is 0 Å². The third-order valence-corrected chi connectivity index (χ3v) is 5.48. The largest absolute Gasteiger partial charge is 0.333 e. The molecule has 0 aliphatic rings. The van der Waals surface area contributed by atoms with Gasteiger partial charge in [0.25, 0.3) is 0 Å². The quantitative estimate of drug-likeness (QED) is 0.311. The zero-order valence-electron chi connectivity index (χ0n) is 17.9. The SMILES string of the molecule is CCc1cc(N(C)c2ccc(-c3ccccc3-c3nnn[nH]3)cc2)n2ncc([N+](=O)[O-])c2n1. The Hall–Kier alpha value is -4.67.